The fraction of sp³-hybridized carbons (Fsp3) is 0.368. The highest BCUT2D eigenvalue weighted by Gasteiger charge is 2.10. The Labute approximate surface area is 119 Å². The highest BCUT2D eigenvalue weighted by molar-refractivity contribution is 5.30. The van der Waals surface area contributed by atoms with Crippen molar-refractivity contribution in [3.05, 3.63) is 72.4 Å². The van der Waals surface area contributed by atoms with Crippen molar-refractivity contribution >= 4 is 0 Å². The number of allylic oxidation sites excluding steroid dienone is 11. The zero-order chi connectivity index (χ0) is 14.5. The largest absolute Gasteiger partial charge is 0.0991 e. The average Bonchev–Trinajstić information content (AvgIpc) is 2.41. The molecule has 0 aliphatic carbocycles. The zero-order valence-electron chi connectivity index (χ0n) is 12.9. The van der Waals surface area contributed by atoms with Crippen LogP contribution in [0.15, 0.2) is 72.4 Å². The first kappa shape index (κ1) is 17.4. The molecule has 0 saturated carbocycles. The van der Waals surface area contributed by atoms with Crippen LogP contribution in [-0.4, -0.2) is 0 Å². The predicted molar refractivity (Wildman–Crippen MR) is 89.2 cm³/mol. The minimum Gasteiger partial charge on any atom is -0.0991 e. The normalized spacial score (nSPS) is 15.8. The third kappa shape index (κ3) is 7.46. The lowest BCUT2D eigenvalue weighted by Crippen LogP contribution is -2.02. The quantitative estimate of drug-likeness (QED) is 0.455. The molecule has 0 saturated heterocycles. The summed E-state index contributed by atoms with van der Waals surface area (Å²) in [5.74, 6) is 0.543. The molecule has 0 radical (unpaired) electrons. The van der Waals surface area contributed by atoms with Crippen LogP contribution in [-0.2, 0) is 0 Å². The van der Waals surface area contributed by atoms with Crippen molar-refractivity contribution in [1.82, 2.24) is 0 Å². The van der Waals surface area contributed by atoms with Crippen LogP contribution in [0.25, 0.3) is 0 Å². The smallest absolute Gasteiger partial charge is 0.0124 e. The molecule has 0 aromatic rings. The maximum atomic E-state index is 3.81. The Bertz CT molecular complexity index is 386. The highest BCUT2D eigenvalue weighted by Crippen LogP contribution is 2.25. The van der Waals surface area contributed by atoms with Crippen LogP contribution in [0, 0.1) is 5.92 Å². The third-order valence-electron chi connectivity index (χ3n) is 3.00. The Morgan fingerprint density at radius 3 is 2.16 bits per heavy atom. The zero-order valence-corrected chi connectivity index (χ0v) is 12.9. The lowest BCUT2D eigenvalue weighted by molar-refractivity contribution is 0.603. The van der Waals surface area contributed by atoms with Gasteiger partial charge in [-0.15, -0.1) is 0 Å². The molecule has 0 aromatic carbocycles. The maximum absolute atomic E-state index is 3.81. The van der Waals surface area contributed by atoms with E-state index in [0.717, 1.165) is 12.8 Å². The first-order valence-electron chi connectivity index (χ1n) is 7.13. The van der Waals surface area contributed by atoms with Crippen LogP contribution in [0.3, 0.4) is 0 Å². The molecule has 0 spiro atoms. The average molecular weight is 256 g/mol. The number of rotatable bonds is 8. The minimum absolute atomic E-state index is 0.543. The Hall–Kier alpha value is -1.56. The summed E-state index contributed by atoms with van der Waals surface area (Å²) in [4.78, 5) is 0. The Morgan fingerprint density at radius 2 is 1.68 bits per heavy atom. The highest BCUT2D eigenvalue weighted by atomic mass is 14.2. The van der Waals surface area contributed by atoms with E-state index in [1.165, 1.54) is 11.1 Å². The van der Waals surface area contributed by atoms with E-state index in [0.29, 0.717) is 5.92 Å². The fourth-order valence-corrected chi connectivity index (χ4v) is 2.06. The van der Waals surface area contributed by atoms with Crippen molar-refractivity contribution < 1.29 is 0 Å². The van der Waals surface area contributed by atoms with E-state index in [-0.39, 0.29) is 0 Å². The topological polar surface area (TPSA) is 0 Å². The summed E-state index contributed by atoms with van der Waals surface area (Å²) < 4.78 is 0. The van der Waals surface area contributed by atoms with Crippen LogP contribution < -0.4 is 0 Å². The summed E-state index contributed by atoms with van der Waals surface area (Å²) in [6.45, 7) is 12.2. The molecule has 1 atom stereocenters. The van der Waals surface area contributed by atoms with E-state index in [2.05, 4.69) is 76.0 Å². The summed E-state index contributed by atoms with van der Waals surface area (Å²) in [7, 11) is 0. The van der Waals surface area contributed by atoms with Crippen molar-refractivity contribution in [2.75, 3.05) is 0 Å². The molecule has 1 unspecified atom stereocenters. The maximum Gasteiger partial charge on any atom is -0.0124 e. The van der Waals surface area contributed by atoms with Crippen LogP contribution >= 0.6 is 0 Å². The standard InChI is InChI=1S/C19H28/c1-6-11-15-17(12-7-2)16-18(10-5)19(13-8-3)14-9-4/h6-9,11-15,18H,3,10,16H2,1-2,4-5H3/b11-6-,12-7-,14-9-,17-15+,19-13+. The van der Waals surface area contributed by atoms with Gasteiger partial charge in [0.2, 0.25) is 0 Å². The van der Waals surface area contributed by atoms with Crippen molar-refractivity contribution in [1.29, 1.82) is 0 Å². The first-order chi connectivity index (χ1) is 9.23. The van der Waals surface area contributed by atoms with Crippen molar-refractivity contribution in [2.24, 2.45) is 5.92 Å². The number of hydrogen-bond donors (Lipinski definition) is 0. The van der Waals surface area contributed by atoms with Crippen molar-refractivity contribution in [2.45, 2.75) is 40.5 Å². The van der Waals surface area contributed by atoms with Gasteiger partial charge in [0.1, 0.15) is 0 Å². The monoisotopic (exact) mass is 256 g/mol. The van der Waals surface area contributed by atoms with Gasteiger partial charge in [-0.05, 0) is 50.7 Å². The van der Waals surface area contributed by atoms with E-state index in [4.69, 9.17) is 0 Å². The van der Waals surface area contributed by atoms with Gasteiger partial charge >= 0.3 is 0 Å². The molecule has 0 aromatic heterocycles. The second-order valence-electron chi connectivity index (χ2n) is 4.48. The molecular formula is C19H28. The van der Waals surface area contributed by atoms with Crippen molar-refractivity contribution in [3.63, 3.8) is 0 Å². The van der Waals surface area contributed by atoms with E-state index < -0.39 is 0 Å². The lowest BCUT2D eigenvalue weighted by atomic mass is 9.88. The molecule has 0 bridgehead atoms. The van der Waals surface area contributed by atoms with Crippen LogP contribution in [0.5, 0.6) is 0 Å². The Kier molecular flexibility index (Phi) is 10.6. The van der Waals surface area contributed by atoms with Crippen LogP contribution in [0.2, 0.25) is 0 Å². The van der Waals surface area contributed by atoms with Gasteiger partial charge in [-0.25, -0.2) is 0 Å². The van der Waals surface area contributed by atoms with E-state index in [9.17, 15) is 0 Å². The van der Waals surface area contributed by atoms with E-state index in [1.807, 2.05) is 13.0 Å². The summed E-state index contributed by atoms with van der Waals surface area (Å²) in [5, 5.41) is 0. The van der Waals surface area contributed by atoms with Gasteiger partial charge in [0.05, 0.1) is 0 Å². The van der Waals surface area contributed by atoms with Gasteiger partial charge in [0.15, 0.2) is 0 Å². The third-order valence-corrected chi connectivity index (χ3v) is 3.00. The molecule has 0 nitrogen and oxygen atoms in total. The SMILES string of the molecule is C=C/C=C(\C=C/C)C(CC)CC(/C=C\C)=C/C=C\C. The van der Waals surface area contributed by atoms with Crippen LogP contribution in [0.4, 0.5) is 0 Å². The summed E-state index contributed by atoms with van der Waals surface area (Å²) in [6.07, 6.45) is 21.2. The second kappa shape index (κ2) is 11.5. The van der Waals surface area contributed by atoms with E-state index in [1.54, 1.807) is 0 Å². The summed E-state index contributed by atoms with van der Waals surface area (Å²) in [6, 6.07) is 0. The molecule has 0 rings (SSSR count). The van der Waals surface area contributed by atoms with E-state index >= 15 is 0 Å². The van der Waals surface area contributed by atoms with Gasteiger partial charge in [0, 0.05) is 0 Å². The molecule has 0 heterocycles. The Balaban J connectivity index is 5.13. The first-order valence-corrected chi connectivity index (χ1v) is 7.13. The van der Waals surface area contributed by atoms with Crippen LogP contribution in [0.1, 0.15) is 40.5 Å². The Morgan fingerprint density at radius 1 is 1.00 bits per heavy atom. The fourth-order valence-electron chi connectivity index (χ4n) is 2.06. The molecule has 0 heteroatoms. The molecule has 0 N–H and O–H groups in total. The summed E-state index contributed by atoms with van der Waals surface area (Å²) in [5.41, 5.74) is 2.72. The van der Waals surface area contributed by atoms with Gasteiger partial charge < -0.3 is 0 Å². The molecule has 0 aliphatic rings. The molecular weight excluding hydrogens is 228 g/mol. The van der Waals surface area contributed by atoms with Gasteiger partial charge in [-0.1, -0.05) is 68.2 Å². The number of hydrogen-bond acceptors (Lipinski definition) is 0. The minimum atomic E-state index is 0.543. The molecule has 0 fully saturated rings. The second-order valence-corrected chi connectivity index (χ2v) is 4.48. The molecule has 0 amide bonds. The molecule has 0 aliphatic heterocycles. The molecule has 19 heavy (non-hydrogen) atoms. The predicted octanol–water partition coefficient (Wildman–Crippen LogP) is 6.17. The van der Waals surface area contributed by atoms with Gasteiger partial charge in [-0.2, -0.15) is 0 Å². The van der Waals surface area contributed by atoms with Crippen molar-refractivity contribution in [3.8, 4) is 0 Å². The summed E-state index contributed by atoms with van der Waals surface area (Å²) >= 11 is 0. The lowest BCUT2D eigenvalue weighted by Gasteiger charge is -2.17. The molecule has 104 valence electrons. The van der Waals surface area contributed by atoms with Gasteiger partial charge in [-0.3, -0.25) is 0 Å². The van der Waals surface area contributed by atoms with Gasteiger partial charge in [0.25, 0.3) is 0 Å².